The summed E-state index contributed by atoms with van der Waals surface area (Å²) in [5, 5.41) is 4.20. The van der Waals surface area contributed by atoms with E-state index in [1.807, 2.05) is 0 Å². The van der Waals surface area contributed by atoms with Gasteiger partial charge < -0.3 is 0 Å². The van der Waals surface area contributed by atoms with Crippen LogP contribution in [0.4, 0.5) is 0 Å². The molecular weight excluding hydrogens is 269 g/mol. The van der Waals surface area contributed by atoms with Gasteiger partial charge in [-0.15, -0.1) is 0 Å². The summed E-state index contributed by atoms with van der Waals surface area (Å²) in [5.74, 6) is 0. The zero-order valence-electron chi connectivity index (χ0n) is 7.16. The summed E-state index contributed by atoms with van der Waals surface area (Å²) in [6.07, 6.45) is 1.44. The maximum atomic E-state index is 11.4. The van der Waals surface area contributed by atoms with E-state index in [1.165, 1.54) is 16.8 Å². The van der Waals surface area contributed by atoms with E-state index in [2.05, 4.69) is 26.0 Å². The number of hydrogen-bond acceptors (Lipinski definition) is 3. The lowest BCUT2D eigenvalue weighted by Gasteiger charge is -2.04. The lowest BCUT2D eigenvalue weighted by Crippen LogP contribution is -2.17. The van der Waals surface area contributed by atoms with Crippen molar-refractivity contribution < 1.29 is 0 Å². The lowest BCUT2D eigenvalue weighted by atomic mass is 10.3. The average molecular weight is 275 g/mol. The van der Waals surface area contributed by atoms with Gasteiger partial charge in [0.1, 0.15) is 0 Å². The SMILES string of the molecule is Cc1c(Cl)nn2c(=O)ccnc2c1Br. The molecule has 0 spiro atoms. The fraction of sp³-hybridized carbons (Fsp3) is 0.125. The van der Waals surface area contributed by atoms with Crippen molar-refractivity contribution in [3.63, 3.8) is 0 Å². The molecule has 0 aliphatic rings. The first-order valence-electron chi connectivity index (χ1n) is 3.81. The summed E-state index contributed by atoms with van der Waals surface area (Å²) in [5.41, 5.74) is 0.988. The zero-order valence-corrected chi connectivity index (χ0v) is 9.50. The molecule has 0 saturated heterocycles. The van der Waals surface area contributed by atoms with Gasteiger partial charge >= 0.3 is 0 Å². The molecule has 2 heterocycles. The van der Waals surface area contributed by atoms with E-state index in [1.54, 1.807) is 6.92 Å². The molecular formula is C8H5BrClN3O. The van der Waals surface area contributed by atoms with E-state index in [0.717, 1.165) is 5.56 Å². The van der Waals surface area contributed by atoms with Crippen LogP contribution in [0.1, 0.15) is 5.56 Å². The molecule has 0 fully saturated rings. The standard InChI is InChI=1S/C8H5BrClN3O/c1-4-6(9)8-11-3-2-5(14)13(8)12-7(4)10/h2-3H,1H3. The Kier molecular flexibility index (Phi) is 2.28. The molecule has 2 aromatic heterocycles. The van der Waals surface area contributed by atoms with Crippen molar-refractivity contribution in [1.82, 2.24) is 14.6 Å². The molecule has 0 radical (unpaired) electrons. The fourth-order valence-corrected chi connectivity index (χ4v) is 1.81. The van der Waals surface area contributed by atoms with Crippen molar-refractivity contribution in [3.8, 4) is 0 Å². The third-order valence-electron chi connectivity index (χ3n) is 1.85. The summed E-state index contributed by atoms with van der Waals surface area (Å²) < 4.78 is 1.86. The highest BCUT2D eigenvalue weighted by molar-refractivity contribution is 9.10. The minimum Gasteiger partial charge on any atom is -0.267 e. The Bertz CT molecular complexity index is 566. The molecule has 2 aromatic rings. The zero-order chi connectivity index (χ0) is 10.3. The number of fused-ring (bicyclic) bond motifs is 1. The maximum Gasteiger partial charge on any atom is 0.274 e. The molecule has 0 saturated carbocycles. The van der Waals surface area contributed by atoms with Crippen LogP contribution in [0.15, 0.2) is 21.5 Å². The van der Waals surface area contributed by atoms with Crippen LogP contribution in [0.5, 0.6) is 0 Å². The van der Waals surface area contributed by atoms with Crippen molar-refractivity contribution in [3.05, 3.63) is 37.8 Å². The van der Waals surface area contributed by atoms with Crippen molar-refractivity contribution in [1.29, 1.82) is 0 Å². The molecule has 0 bridgehead atoms. The number of rotatable bonds is 0. The molecule has 0 aliphatic heterocycles. The Morgan fingerprint density at radius 1 is 1.57 bits per heavy atom. The van der Waals surface area contributed by atoms with E-state index >= 15 is 0 Å². The van der Waals surface area contributed by atoms with Crippen LogP contribution in [0.2, 0.25) is 5.15 Å². The summed E-state index contributed by atoms with van der Waals surface area (Å²) in [4.78, 5) is 15.4. The monoisotopic (exact) mass is 273 g/mol. The van der Waals surface area contributed by atoms with E-state index in [9.17, 15) is 4.79 Å². The number of hydrogen-bond donors (Lipinski definition) is 0. The van der Waals surface area contributed by atoms with Gasteiger partial charge in [0, 0.05) is 17.8 Å². The third-order valence-corrected chi connectivity index (χ3v) is 3.15. The first kappa shape index (κ1) is 9.61. The van der Waals surface area contributed by atoms with Crippen molar-refractivity contribution in [2.45, 2.75) is 6.92 Å². The summed E-state index contributed by atoms with van der Waals surface area (Å²) in [6, 6.07) is 1.33. The molecule has 0 atom stereocenters. The Morgan fingerprint density at radius 2 is 2.29 bits per heavy atom. The minimum atomic E-state index is -0.252. The van der Waals surface area contributed by atoms with E-state index in [0.29, 0.717) is 15.3 Å². The van der Waals surface area contributed by atoms with Gasteiger partial charge in [0.05, 0.1) is 4.47 Å². The molecule has 0 unspecified atom stereocenters. The molecule has 0 amide bonds. The highest BCUT2D eigenvalue weighted by Crippen LogP contribution is 2.23. The number of halogens is 2. The topological polar surface area (TPSA) is 47.3 Å². The summed E-state index contributed by atoms with van der Waals surface area (Å²) >= 11 is 9.16. The van der Waals surface area contributed by atoms with Crippen LogP contribution >= 0.6 is 27.5 Å². The number of nitrogens with zero attached hydrogens (tertiary/aromatic N) is 3. The van der Waals surface area contributed by atoms with Gasteiger partial charge in [0.15, 0.2) is 10.8 Å². The Labute approximate surface area is 92.7 Å². The average Bonchev–Trinajstić information content (AvgIpc) is 2.17. The predicted octanol–water partition coefficient (Wildman–Crippen LogP) is 1.81. The Morgan fingerprint density at radius 3 is 3.00 bits per heavy atom. The van der Waals surface area contributed by atoms with Crippen molar-refractivity contribution in [2.24, 2.45) is 0 Å². The summed E-state index contributed by atoms with van der Waals surface area (Å²) in [6.45, 7) is 1.80. The first-order chi connectivity index (χ1) is 6.61. The van der Waals surface area contributed by atoms with Gasteiger partial charge in [-0.2, -0.15) is 9.61 Å². The van der Waals surface area contributed by atoms with Crippen LogP contribution in [0, 0.1) is 6.92 Å². The van der Waals surface area contributed by atoms with Gasteiger partial charge in [-0.1, -0.05) is 11.6 Å². The second-order valence-corrected chi connectivity index (χ2v) is 3.90. The lowest BCUT2D eigenvalue weighted by molar-refractivity contribution is 0.855. The quantitative estimate of drug-likeness (QED) is 0.736. The molecule has 6 heteroatoms. The van der Waals surface area contributed by atoms with Gasteiger partial charge in [-0.05, 0) is 22.9 Å². The molecule has 14 heavy (non-hydrogen) atoms. The molecule has 0 aromatic carbocycles. The normalized spacial score (nSPS) is 10.8. The maximum absolute atomic E-state index is 11.4. The van der Waals surface area contributed by atoms with Gasteiger partial charge in [-0.25, -0.2) is 4.98 Å². The highest BCUT2D eigenvalue weighted by Gasteiger charge is 2.09. The van der Waals surface area contributed by atoms with Crippen LogP contribution in [0.25, 0.3) is 5.65 Å². The second kappa shape index (κ2) is 3.33. The molecule has 0 aliphatic carbocycles. The van der Waals surface area contributed by atoms with E-state index in [4.69, 9.17) is 11.6 Å². The smallest absolute Gasteiger partial charge is 0.267 e. The molecule has 2 rings (SSSR count). The molecule has 72 valence electrons. The number of aromatic nitrogens is 3. The van der Waals surface area contributed by atoms with Gasteiger partial charge in [0.2, 0.25) is 0 Å². The van der Waals surface area contributed by atoms with Crippen LogP contribution in [-0.2, 0) is 0 Å². The van der Waals surface area contributed by atoms with Crippen LogP contribution < -0.4 is 5.56 Å². The molecule has 4 nitrogen and oxygen atoms in total. The first-order valence-corrected chi connectivity index (χ1v) is 4.98. The second-order valence-electron chi connectivity index (χ2n) is 2.75. The van der Waals surface area contributed by atoms with Gasteiger partial charge in [-0.3, -0.25) is 4.79 Å². The van der Waals surface area contributed by atoms with Gasteiger partial charge in [0.25, 0.3) is 5.56 Å². The minimum absolute atomic E-state index is 0.252. The van der Waals surface area contributed by atoms with Crippen LogP contribution in [0.3, 0.4) is 0 Å². The van der Waals surface area contributed by atoms with E-state index < -0.39 is 0 Å². The molecule has 0 N–H and O–H groups in total. The third kappa shape index (κ3) is 1.33. The van der Waals surface area contributed by atoms with Crippen molar-refractivity contribution >= 4 is 33.2 Å². The Balaban J connectivity index is 3.06. The Hall–Kier alpha value is -0.940. The largest absolute Gasteiger partial charge is 0.274 e. The van der Waals surface area contributed by atoms with E-state index in [-0.39, 0.29) is 5.56 Å². The predicted molar refractivity (Wildman–Crippen MR) is 56.7 cm³/mol. The highest BCUT2D eigenvalue weighted by atomic mass is 79.9. The van der Waals surface area contributed by atoms with Crippen molar-refractivity contribution in [2.75, 3.05) is 0 Å². The fourth-order valence-electron chi connectivity index (χ4n) is 1.07. The van der Waals surface area contributed by atoms with Crippen LogP contribution in [-0.4, -0.2) is 14.6 Å². The summed E-state index contributed by atoms with van der Waals surface area (Å²) in [7, 11) is 0.